The SMILES string of the molecule is CCOC(=O)c1cnn(-c2ccc(OC)cc2)n1. The number of methoxy groups -OCH3 is 1. The molecule has 1 aromatic heterocycles. The largest absolute Gasteiger partial charge is 0.497 e. The molecule has 6 heteroatoms. The van der Waals surface area contributed by atoms with Crippen LogP contribution >= 0.6 is 0 Å². The minimum Gasteiger partial charge on any atom is -0.497 e. The summed E-state index contributed by atoms with van der Waals surface area (Å²) in [5.41, 5.74) is 0.930. The van der Waals surface area contributed by atoms with Crippen molar-refractivity contribution in [2.45, 2.75) is 6.92 Å². The molecule has 2 aromatic rings. The topological polar surface area (TPSA) is 66.2 Å². The lowest BCUT2D eigenvalue weighted by molar-refractivity contribution is 0.0519. The zero-order valence-corrected chi connectivity index (χ0v) is 10.2. The maximum Gasteiger partial charge on any atom is 0.360 e. The number of rotatable bonds is 4. The van der Waals surface area contributed by atoms with E-state index in [1.807, 2.05) is 0 Å². The Morgan fingerprint density at radius 2 is 2.06 bits per heavy atom. The first-order chi connectivity index (χ1) is 8.74. The van der Waals surface area contributed by atoms with Gasteiger partial charge in [0.25, 0.3) is 0 Å². The van der Waals surface area contributed by atoms with E-state index < -0.39 is 5.97 Å². The summed E-state index contributed by atoms with van der Waals surface area (Å²) in [6, 6.07) is 7.19. The van der Waals surface area contributed by atoms with Crippen molar-refractivity contribution in [1.29, 1.82) is 0 Å². The molecule has 0 fully saturated rings. The van der Waals surface area contributed by atoms with Gasteiger partial charge in [-0.25, -0.2) is 4.79 Å². The van der Waals surface area contributed by atoms with Crippen molar-refractivity contribution < 1.29 is 14.3 Å². The van der Waals surface area contributed by atoms with Crippen LogP contribution in [-0.4, -0.2) is 34.7 Å². The molecule has 0 saturated carbocycles. The molecule has 1 heterocycles. The number of carbonyl (C=O) groups is 1. The summed E-state index contributed by atoms with van der Waals surface area (Å²) in [5.74, 6) is 0.272. The third-order valence-corrected chi connectivity index (χ3v) is 2.28. The van der Waals surface area contributed by atoms with Crippen LogP contribution in [0.15, 0.2) is 30.5 Å². The number of hydrogen-bond acceptors (Lipinski definition) is 5. The summed E-state index contributed by atoms with van der Waals surface area (Å²) in [6.07, 6.45) is 1.38. The third kappa shape index (κ3) is 2.48. The number of benzene rings is 1. The maximum absolute atomic E-state index is 11.4. The lowest BCUT2D eigenvalue weighted by Gasteiger charge is -2.01. The predicted octanol–water partition coefficient (Wildman–Crippen LogP) is 1.45. The molecule has 6 nitrogen and oxygen atoms in total. The van der Waals surface area contributed by atoms with Crippen LogP contribution in [0.2, 0.25) is 0 Å². The molecule has 0 bridgehead atoms. The number of aromatic nitrogens is 3. The Bertz CT molecular complexity index is 534. The number of ether oxygens (including phenoxy) is 2. The van der Waals surface area contributed by atoms with E-state index >= 15 is 0 Å². The monoisotopic (exact) mass is 247 g/mol. The first kappa shape index (κ1) is 12.1. The highest BCUT2D eigenvalue weighted by Crippen LogP contribution is 2.13. The van der Waals surface area contributed by atoms with Gasteiger partial charge < -0.3 is 9.47 Å². The second-order valence-corrected chi connectivity index (χ2v) is 3.44. The molecule has 0 radical (unpaired) electrons. The zero-order chi connectivity index (χ0) is 13.0. The summed E-state index contributed by atoms with van der Waals surface area (Å²) in [4.78, 5) is 12.8. The summed E-state index contributed by atoms with van der Waals surface area (Å²) < 4.78 is 9.90. The Morgan fingerprint density at radius 1 is 1.33 bits per heavy atom. The minimum atomic E-state index is -0.475. The smallest absolute Gasteiger partial charge is 0.360 e. The molecule has 0 spiro atoms. The van der Waals surface area contributed by atoms with Crippen LogP contribution in [0.1, 0.15) is 17.4 Å². The molecule has 0 amide bonds. The highest BCUT2D eigenvalue weighted by molar-refractivity contribution is 5.86. The summed E-state index contributed by atoms with van der Waals surface area (Å²) in [6.45, 7) is 2.06. The number of esters is 1. The second kappa shape index (κ2) is 5.31. The van der Waals surface area contributed by atoms with Gasteiger partial charge in [0.2, 0.25) is 0 Å². The molecule has 0 unspecified atom stereocenters. The lowest BCUT2D eigenvalue weighted by Crippen LogP contribution is -2.06. The number of hydrogen-bond donors (Lipinski definition) is 0. The van der Waals surface area contributed by atoms with E-state index in [2.05, 4.69) is 10.2 Å². The van der Waals surface area contributed by atoms with Crippen LogP contribution in [0, 0.1) is 0 Å². The molecule has 0 aliphatic carbocycles. The summed E-state index contributed by atoms with van der Waals surface area (Å²) in [5, 5.41) is 8.05. The van der Waals surface area contributed by atoms with E-state index in [1.54, 1.807) is 38.3 Å². The summed E-state index contributed by atoms with van der Waals surface area (Å²) >= 11 is 0. The van der Waals surface area contributed by atoms with Crippen molar-refractivity contribution in [3.8, 4) is 11.4 Å². The van der Waals surface area contributed by atoms with Gasteiger partial charge in [0.15, 0.2) is 5.69 Å². The normalized spacial score (nSPS) is 10.1. The fourth-order valence-electron chi connectivity index (χ4n) is 1.40. The fourth-order valence-corrected chi connectivity index (χ4v) is 1.40. The lowest BCUT2D eigenvalue weighted by atomic mass is 10.3. The molecule has 0 aliphatic heterocycles. The highest BCUT2D eigenvalue weighted by Gasteiger charge is 2.12. The van der Waals surface area contributed by atoms with Gasteiger partial charge in [-0.05, 0) is 31.2 Å². The van der Waals surface area contributed by atoms with Crippen LogP contribution in [0.5, 0.6) is 5.75 Å². The minimum absolute atomic E-state index is 0.188. The van der Waals surface area contributed by atoms with Crippen molar-refractivity contribution in [2.24, 2.45) is 0 Å². The van der Waals surface area contributed by atoms with E-state index in [1.165, 1.54) is 11.0 Å². The molecule has 1 aromatic carbocycles. The molecule has 2 rings (SSSR count). The molecule has 0 saturated heterocycles. The quantitative estimate of drug-likeness (QED) is 0.765. The van der Waals surface area contributed by atoms with Crippen LogP contribution < -0.4 is 4.74 Å². The average Bonchev–Trinajstić information content (AvgIpc) is 2.89. The van der Waals surface area contributed by atoms with Crippen molar-refractivity contribution >= 4 is 5.97 Å². The van der Waals surface area contributed by atoms with E-state index in [0.29, 0.717) is 6.61 Å². The van der Waals surface area contributed by atoms with Gasteiger partial charge in [0, 0.05) is 0 Å². The molecule has 0 N–H and O–H groups in total. The molecular formula is C12H13N3O3. The van der Waals surface area contributed by atoms with Gasteiger partial charge in [-0.3, -0.25) is 0 Å². The van der Waals surface area contributed by atoms with Crippen LogP contribution in [0.25, 0.3) is 5.69 Å². The Morgan fingerprint density at radius 3 is 2.67 bits per heavy atom. The van der Waals surface area contributed by atoms with Crippen LogP contribution in [0.4, 0.5) is 0 Å². The molecular weight excluding hydrogens is 234 g/mol. The molecule has 94 valence electrons. The molecule has 0 aliphatic rings. The van der Waals surface area contributed by atoms with Crippen LogP contribution in [0.3, 0.4) is 0 Å². The van der Waals surface area contributed by atoms with Gasteiger partial charge in [-0.2, -0.15) is 9.90 Å². The zero-order valence-electron chi connectivity index (χ0n) is 10.2. The van der Waals surface area contributed by atoms with Gasteiger partial charge in [-0.1, -0.05) is 0 Å². The molecule has 0 atom stereocenters. The highest BCUT2D eigenvalue weighted by atomic mass is 16.5. The van der Waals surface area contributed by atoms with Gasteiger partial charge in [-0.15, -0.1) is 5.10 Å². The predicted molar refractivity (Wildman–Crippen MR) is 63.9 cm³/mol. The van der Waals surface area contributed by atoms with E-state index in [-0.39, 0.29) is 5.69 Å². The molecule has 18 heavy (non-hydrogen) atoms. The maximum atomic E-state index is 11.4. The van der Waals surface area contributed by atoms with Gasteiger partial charge >= 0.3 is 5.97 Å². The Labute approximate surface area is 104 Å². The number of carbonyl (C=O) groups excluding carboxylic acids is 1. The Kier molecular flexibility index (Phi) is 3.57. The van der Waals surface area contributed by atoms with E-state index in [0.717, 1.165) is 11.4 Å². The Hall–Kier alpha value is -2.37. The standard InChI is InChI=1S/C12H13N3O3/c1-3-18-12(16)11-8-13-15(14-11)9-4-6-10(17-2)7-5-9/h4-8H,3H2,1-2H3. The fraction of sp³-hybridized carbons (Fsp3) is 0.250. The number of nitrogens with zero attached hydrogens (tertiary/aromatic N) is 3. The van der Waals surface area contributed by atoms with Gasteiger partial charge in [0.05, 0.1) is 25.6 Å². The average molecular weight is 247 g/mol. The van der Waals surface area contributed by atoms with Gasteiger partial charge in [0.1, 0.15) is 5.75 Å². The van der Waals surface area contributed by atoms with Crippen molar-refractivity contribution in [1.82, 2.24) is 15.0 Å². The van der Waals surface area contributed by atoms with Crippen molar-refractivity contribution in [3.63, 3.8) is 0 Å². The third-order valence-electron chi connectivity index (χ3n) is 2.28. The summed E-state index contributed by atoms with van der Waals surface area (Å²) in [7, 11) is 1.60. The second-order valence-electron chi connectivity index (χ2n) is 3.44. The first-order valence-electron chi connectivity index (χ1n) is 5.48. The first-order valence-corrected chi connectivity index (χ1v) is 5.48. The van der Waals surface area contributed by atoms with Crippen molar-refractivity contribution in [3.05, 3.63) is 36.2 Å². The van der Waals surface area contributed by atoms with Crippen molar-refractivity contribution in [2.75, 3.05) is 13.7 Å². The van der Waals surface area contributed by atoms with E-state index in [9.17, 15) is 4.79 Å². The Balaban J connectivity index is 2.20. The van der Waals surface area contributed by atoms with E-state index in [4.69, 9.17) is 9.47 Å². The van der Waals surface area contributed by atoms with Crippen LogP contribution in [-0.2, 0) is 4.74 Å².